The Hall–Kier alpha value is -0.680. The van der Waals surface area contributed by atoms with Gasteiger partial charge in [-0.2, -0.15) is 0 Å². The molecule has 0 unspecified atom stereocenters. The molecule has 0 spiro atoms. The molecule has 2 aromatic heterocycles. The SMILES string of the molecule is [2H]c1nc(-n2c([2H])nc(Br)c2[2H])c([2H])c([2H])c1Br. The van der Waals surface area contributed by atoms with Crippen molar-refractivity contribution in [3.63, 3.8) is 0 Å². The molecule has 2 heterocycles. The molecule has 66 valence electrons. The molecule has 0 atom stereocenters. The zero-order valence-electron chi connectivity index (χ0n) is 11.1. The normalized spacial score (nSPS) is 15.7. The van der Waals surface area contributed by atoms with Gasteiger partial charge in [-0.15, -0.1) is 0 Å². The molecule has 2 aromatic rings. The van der Waals surface area contributed by atoms with E-state index in [1.165, 1.54) is 0 Å². The lowest BCUT2D eigenvalue weighted by atomic mass is 10.4. The van der Waals surface area contributed by atoms with Crippen LogP contribution in [0, 0.1) is 0 Å². The Labute approximate surface area is 99.1 Å². The Bertz CT molecular complexity index is 642. The van der Waals surface area contributed by atoms with Crippen molar-refractivity contribution >= 4 is 31.9 Å². The van der Waals surface area contributed by atoms with Crippen molar-refractivity contribution in [1.82, 2.24) is 14.5 Å². The van der Waals surface area contributed by atoms with Crippen LogP contribution in [-0.2, 0) is 0 Å². The van der Waals surface area contributed by atoms with E-state index >= 15 is 0 Å². The van der Waals surface area contributed by atoms with E-state index in [-0.39, 0.29) is 45.6 Å². The number of halogens is 2. The quantitative estimate of drug-likeness (QED) is 0.811. The summed E-state index contributed by atoms with van der Waals surface area (Å²) in [5, 5.41) is 0. The molecule has 2 rings (SSSR count). The van der Waals surface area contributed by atoms with Crippen LogP contribution < -0.4 is 0 Å². The first kappa shape index (κ1) is 4.70. The minimum atomic E-state index is -0.283. The summed E-state index contributed by atoms with van der Waals surface area (Å²) >= 11 is 6.00. The fourth-order valence-electron chi connectivity index (χ4n) is 0.711. The fourth-order valence-corrected chi connectivity index (χ4v) is 1.16. The van der Waals surface area contributed by atoms with E-state index in [9.17, 15) is 0 Å². The second kappa shape index (κ2) is 3.59. The van der Waals surface area contributed by atoms with Gasteiger partial charge in [0.1, 0.15) is 18.1 Å². The molecule has 5 heteroatoms. The maximum absolute atomic E-state index is 7.78. The van der Waals surface area contributed by atoms with Crippen molar-refractivity contribution < 1.29 is 6.85 Å². The molecule has 0 saturated heterocycles. The van der Waals surface area contributed by atoms with E-state index in [2.05, 4.69) is 41.8 Å². The lowest BCUT2D eigenvalue weighted by Gasteiger charge is -1.98. The van der Waals surface area contributed by atoms with Gasteiger partial charge in [-0.05, 0) is 43.9 Å². The molecule has 0 aliphatic carbocycles. The van der Waals surface area contributed by atoms with Crippen molar-refractivity contribution in [2.24, 2.45) is 0 Å². The monoisotopic (exact) mass is 306 g/mol. The average Bonchev–Trinajstić information content (AvgIpc) is 2.56. The van der Waals surface area contributed by atoms with Crippen molar-refractivity contribution in [3.05, 3.63) is 39.8 Å². The number of pyridine rings is 1. The third-order valence-electron chi connectivity index (χ3n) is 1.21. The van der Waals surface area contributed by atoms with Gasteiger partial charge in [0.05, 0.1) is 5.48 Å². The third-order valence-corrected chi connectivity index (χ3v) is 1.94. The van der Waals surface area contributed by atoms with Crippen LogP contribution in [0.2, 0.25) is 0 Å². The topological polar surface area (TPSA) is 30.7 Å². The summed E-state index contributed by atoms with van der Waals surface area (Å²) in [7, 11) is 0. The first-order valence-electron chi connectivity index (χ1n) is 5.69. The summed E-state index contributed by atoms with van der Waals surface area (Å²) in [5.41, 5.74) is 0. The van der Waals surface area contributed by atoms with E-state index < -0.39 is 0 Å². The molecule has 0 bridgehead atoms. The number of aromatic nitrogens is 3. The summed E-state index contributed by atoms with van der Waals surface area (Å²) in [4.78, 5) is 7.52. The van der Waals surface area contributed by atoms with E-state index in [1.807, 2.05) is 0 Å². The van der Waals surface area contributed by atoms with Crippen molar-refractivity contribution in [2.45, 2.75) is 0 Å². The highest BCUT2D eigenvalue weighted by molar-refractivity contribution is 9.10. The van der Waals surface area contributed by atoms with E-state index in [0.29, 0.717) is 0 Å². The zero-order valence-corrected chi connectivity index (χ0v) is 9.27. The first-order valence-corrected chi connectivity index (χ1v) is 4.78. The number of nitrogens with zero attached hydrogens (tertiary/aromatic N) is 3. The molecule has 3 nitrogen and oxygen atoms in total. The smallest absolute Gasteiger partial charge is 0.137 e. The molecule has 0 aliphatic heterocycles. The lowest BCUT2D eigenvalue weighted by Crippen LogP contribution is -1.92. The maximum atomic E-state index is 7.78. The Kier molecular flexibility index (Phi) is 1.30. The highest BCUT2D eigenvalue weighted by Gasteiger charge is 1.98. The summed E-state index contributed by atoms with van der Waals surface area (Å²) in [6.45, 7) is 0. The average molecular weight is 308 g/mol. The standard InChI is InChI=1S/C8H5Br2N3/c9-6-1-2-8(11-3-6)13-4-7(10)12-5-13/h1-5H/i1D,2D,3D,4D,5D. The van der Waals surface area contributed by atoms with Gasteiger partial charge in [0.2, 0.25) is 0 Å². The maximum Gasteiger partial charge on any atom is 0.137 e. The lowest BCUT2D eigenvalue weighted by molar-refractivity contribution is 0.991. The Morgan fingerprint density at radius 2 is 2.15 bits per heavy atom. The van der Waals surface area contributed by atoms with Gasteiger partial charge in [0.15, 0.2) is 0 Å². The first-order chi connectivity index (χ1) is 8.34. The molecule has 0 aromatic carbocycles. The summed E-state index contributed by atoms with van der Waals surface area (Å²) in [6, 6.07) is -0.488. The van der Waals surface area contributed by atoms with E-state index in [1.54, 1.807) is 0 Å². The molecule has 13 heavy (non-hydrogen) atoms. The molecule has 0 saturated carbocycles. The van der Waals surface area contributed by atoms with Crippen molar-refractivity contribution in [1.29, 1.82) is 0 Å². The molecule has 0 aliphatic rings. The highest BCUT2D eigenvalue weighted by atomic mass is 79.9. The van der Waals surface area contributed by atoms with Crippen LogP contribution in [0.15, 0.2) is 39.8 Å². The van der Waals surface area contributed by atoms with Gasteiger partial charge in [0.25, 0.3) is 0 Å². The van der Waals surface area contributed by atoms with Gasteiger partial charge in [-0.3, -0.25) is 4.57 Å². The number of hydrogen-bond donors (Lipinski definition) is 0. The van der Waals surface area contributed by atoms with Crippen LogP contribution in [0.1, 0.15) is 6.85 Å². The van der Waals surface area contributed by atoms with Gasteiger partial charge in [-0.25, -0.2) is 9.97 Å². The molecule has 0 N–H and O–H groups in total. The largest absolute Gasteiger partial charge is 0.289 e. The van der Waals surface area contributed by atoms with Gasteiger partial charge in [-0.1, -0.05) is 0 Å². The second-order valence-corrected chi connectivity index (χ2v) is 3.61. The zero-order chi connectivity index (χ0) is 13.6. The molecule has 0 fully saturated rings. The van der Waals surface area contributed by atoms with E-state index in [4.69, 9.17) is 6.85 Å². The van der Waals surface area contributed by atoms with E-state index in [0.717, 1.165) is 4.57 Å². The number of hydrogen-bond acceptors (Lipinski definition) is 2. The van der Waals surface area contributed by atoms with Crippen LogP contribution in [0.5, 0.6) is 0 Å². The van der Waals surface area contributed by atoms with Crippen LogP contribution in [0.4, 0.5) is 0 Å². The second-order valence-electron chi connectivity index (χ2n) is 2.06. The number of rotatable bonds is 1. The van der Waals surface area contributed by atoms with Gasteiger partial charge >= 0.3 is 0 Å². The molecule has 0 radical (unpaired) electrons. The Morgan fingerprint density at radius 3 is 2.85 bits per heavy atom. The van der Waals surface area contributed by atoms with Crippen LogP contribution in [0.25, 0.3) is 5.82 Å². The summed E-state index contributed by atoms with van der Waals surface area (Å²) < 4.78 is 39.6. The van der Waals surface area contributed by atoms with Gasteiger partial charge < -0.3 is 0 Å². The predicted octanol–water partition coefficient (Wildman–Crippen LogP) is 2.79. The van der Waals surface area contributed by atoms with Gasteiger partial charge in [0, 0.05) is 16.8 Å². The highest BCUT2D eigenvalue weighted by Crippen LogP contribution is 2.12. The Balaban J connectivity index is 2.80. The number of imidazole rings is 1. The minimum Gasteiger partial charge on any atom is -0.289 e. The molecule has 0 amide bonds. The predicted molar refractivity (Wildman–Crippen MR) is 56.8 cm³/mol. The van der Waals surface area contributed by atoms with Crippen LogP contribution >= 0.6 is 31.9 Å². The molecular formula is C8H5Br2N3. The fraction of sp³-hybridized carbons (Fsp3) is 0. The minimum absolute atomic E-state index is 0.105. The molecular weight excluding hydrogens is 298 g/mol. The summed E-state index contributed by atoms with van der Waals surface area (Å²) in [6.07, 6.45) is -0.661. The van der Waals surface area contributed by atoms with Crippen LogP contribution in [-0.4, -0.2) is 14.5 Å². The van der Waals surface area contributed by atoms with Crippen LogP contribution in [0.3, 0.4) is 0 Å². The van der Waals surface area contributed by atoms with Crippen molar-refractivity contribution in [2.75, 3.05) is 0 Å². The Morgan fingerprint density at radius 1 is 1.31 bits per heavy atom. The van der Waals surface area contributed by atoms with Crippen molar-refractivity contribution in [3.8, 4) is 5.82 Å². The summed E-state index contributed by atoms with van der Waals surface area (Å²) in [5.74, 6) is -0.124. The third kappa shape index (κ3) is 1.97.